The number of nitrogens with one attached hydrogen (secondary N) is 1. The van der Waals surface area contributed by atoms with Gasteiger partial charge in [-0.05, 0) is 57.2 Å². The summed E-state index contributed by atoms with van der Waals surface area (Å²) in [5, 5.41) is 3.92. The van der Waals surface area contributed by atoms with Gasteiger partial charge in [-0.1, -0.05) is 44.2 Å². The number of likely N-dealkylation sites (N-methyl/N-ethyl adjacent to an activating group) is 1. The Kier molecular flexibility index (Phi) is 6.25. The zero-order chi connectivity index (χ0) is 15.2. The van der Waals surface area contributed by atoms with Gasteiger partial charge in [-0.3, -0.25) is 0 Å². The van der Waals surface area contributed by atoms with Gasteiger partial charge < -0.3 is 10.2 Å². The Balaban J connectivity index is 1.94. The summed E-state index contributed by atoms with van der Waals surface area (Å²) in [5.74, 6) is 1.78. The van der Waals surface area contributed by atoms with Crippen molar-refractivity contribution in [3.8, 4) is 0 Å². The predicted octanol–water partition coefficient (Wildman–Crippen LogP) is 4.09. The van der Waals surface area contributed by atoms with E-state index in [2.05, 4.69) is 68.5 Å². The number of hydrogen-bond acceptors (Lipinski definition) is 2. The molecule has 2 nitrogen and oxygen atoms in total. The molecule has 1 aromatic rings. The van der Waals surface area contributed by atoms with Crippen LogP contribution in [0.4, 0.5) is 0 Å². The number of benzene rings is 1. The van der Waals surface area contributed by atoms with Gasteiger partial charge in [0.2, 0.25) is 0 Å². The van der Waals surface area contributed by atoms with Crippen LogP contribution in [0.25, 0.3) is 0 Å². The van der Waals surface area contributed by atoms with Crippen LogP contribution in [-0.2, 0) is 0 Å². The van der Waals surface area contributed by atoms with Gasteiger partial charge in [0.25, 0.3) is 0 Å². The van der Waals surface area contributed by atoms with Crippen molar-refractivity contribution >= 4 is 0 Å². The highest BCUT2D eigenvalue weighted by atomic mass is 15.1. The zero-order valence-corrected chi connectivity index (χ0v) is 14.2. The Morgan fingerprint density at radius 1 is 1.05 bits per heavy atom. The quantitative estimate of drug-likeness (QED) is 0.848. The maximum atomic E-state index is 3.92. The van der Waals surface area contributed by atoms with E-state index in [4.69, 9.17) is 0 Å². The lowest BCUT2D eigenvalue weighted by molar-refractivity contribution is 0.218. The van der Waals surface area contributed by atoms with Crippen molar-refractivity contribution < 1.29 is 0 Å². The Bertz CT molecular complexity index is 391. The van der Waals surface area contributed by atoms with Crippen LogP contribution < -0.4 is 5.32 Å². The highest BCUT2D eigenvalue weighted by Gasteiger charge is 2.25. The van der Waals surface area contributed by atoms with E-state index in [1.165, 1.54) is 31.2 Å². The van der Waals surface area contributed by atoms with E-state index < -0.39 is 0 Å². The first kappa shape index (κ1) is 16.5. The van der Waals surface area contributed by atoms with Gasteiger partial charge >= 0.3 is 0 Å². The van der Waals surface area contributed by atoms with Gasteiger partial charge in [0.15, 0.2) is 0 Å². The molecule has 1 unspecified atom stereocenters. The van der Waals surface area contributed by atoms with Crippen molar-refractivity contribution in [2.75, 3.05) is 20.6 Å². The summed E-state index contributed by atoms with van der Waals surface area (Å²) >= 11 is 0. The van der Waals surface area contributed by atoms with E-state index in [1.807, 2.05) is 0 Å². The van der Waals surface area contributed by atoms with Crippen LogP contribution in [0, 0.1) is 11.8 Å². The predicted molar refractivity (Wildman–Crippen MR) is 91.5 cm³/mol. The molecule has 0 radical (unpaired) electrons. The van der Waals surface area contributed by atoms with E-state index in [-0.39, 0.29) is 0 Å². The molecule has 1 N–H and O–H groups in total. The van der Waals surface area contributed by atoms with Gasteiger partial charge in [-0.25, -0.2) is 0 Å². The van der Waals surface area contributed by atoms with E-state index in [9.17, 15) is 0 Å². The molecule has 21 heavy (non-hydrogen) atoms. The minimum Gasteiger partial charge on any atom is -0.308 e. The SMILES string of the molecule is CC(C)C1CCC(NC(CN(C)C)c2ccccc2)CC1. The number of hydrogen-bond donors (Lipinski definition) is 1. The molecule has 2 heteroatoms. The van der Waals surface area contributed by atoms with Crippen molar-refractivity contribution in [2.45, 2.75) is 51.6 Å². The molecule has 118 valence electrons. The first-order valence-electron chi connectivity index (χ1n) is 8.52. The van der Waals surface area contributed by atoms with Gasteiger partial charge in [0.1, 0.15) is 0 Å². The second kappa shape index (κ2) is 7.95. The molecule has 1 aliphatic rings. The molecule has 0 amide bonds. The molecular formula is C19H32N2. The molecule has 0 saturated heterocycles. The van der Waals surface area contributed by atoms with Crippen LogP contribution in [0.2, 0.25) is 0 Å². The lowest BCUT2D eigenvalue weighted by atomic mass is 9.79. The van der Waals surface area contributed by atoms with E-state index >= 15 is 0 Å². The summed E-state index contributed by atoms with van der Waals surface area (Å²) in [5.41, 5.74) is 1.41. The molecule has 0 aliphatic heterocycles. The third-order valence-corrected chi connectivity index (χ3v) is 4.90. The van der Waals surface area contributed by atoms with Gasteiger partial charge in [0, 0.05) is 18.6 Å². The second-order valence-electron chi connectivity index (χ2n) is 7.25. The average molecular weight is 288 g/mol. The van der Waals surface area contributed by atoms with Gasteiger partial charge in [-0.15, -0.1) is 0 Å². The molecule has 1 aliphatic carbocycles. The summed E-state index contributed by atoms with van der Waals surface area (Å²) in [6, 6.07) is 12.0. The Labute approximate surface area is 130 Å². The summed E-state index contributed by atoms with van der Waals surface area (Å²) in [6.45, 7) is 5.81. The molecule has 0 bridgehead atoms. The maximum Gasteiger partial charge on any atom is 0.0451 e. The summed E-state index contributed by atoms with van der Waals surface area (Å²) < 4.78 is 0. The fourth-order valence-corrected chi connectivity index (χ4v) is 3.54. The van der Waals surface area contributed by atoms with Crippen LogP contribution >= 0.6 is 0 Å². The van der Waals surface area contributed by atoms with Crippen LogP contribution in [-0.4, -0.2) is 31.6 Å². The standard InChI is InChI=1S/C19H32N2/c1-15(2)16-10-12-18(13-11-16)20-19(14-21(3)4)17-8-6-5-7-9-17/h5-9,15-16,18-20H,10-14H2,1-4H3. The van der Waals surface area contributed by atoms with E-state index in [0.717, 1.165) is 18.4 Å². The Morgan fingerprint density at radius 3 is 2.19 bits per heavy atom. The van der Waals surface area contributed by atoms with Crippen molar-refractivity contribution in [2.24, 2.45) is 11.8 Å². The van der Waals surface area contributed by atoms with Gasteiger partial charge in [0.05, 0.1) is 0 Å². The van der Waals surface area contributed by atoms with Crippen LogP contribution in [0.15, 0.2) is 30.3 Å². The summed E-state index contributed by atoms with van der Waals surface area (Å²) in [7, 11) is 4.32. The Hall–Kier alpha value is -0.860. The van der Waals surface area contributed by atoms with Crippen LogP contribution in [0.5, 0.6) is 0 Å². The average Bonchev–Trinajstić information content (AvgIpc) is 2.47. The van der Waals surface area contributed by atoms with Crippen molar-refractivity contribution in [3.05, 3.63) is 35.9 Å². The smallest absolute Gasteiger partial charge is 0.0451 e. The second-order valence-corrected chi connectivity index (χ2v) is 7.25. The van der Waals surface area contributed by atoms with E-state index in [0.29, 0.717) is 12.1 Å². The molecule has 0 heterocycles. The van der Waals surface area contributed by atoms with E-state index in [1.54, 1.807) is 0 Å². The molecule has 1 aromatic carbocycles. The fourth-order valence-electron chi connectivity index (χ4n) is 3.54. The zero-order valence-electron chi connectivity index (χ0n) is 14.2. The summed E-state index contributed by atoms with van der Waals surface area (Å²) in [4.78, 5) is 2.28. The molecule has 0 spiro atoms. The highest BCUT2D eigenvalue weighted by molar-refractivity contribution is 5.19. The fraction of sp³-hybridized carbons (Fsp3) is 0.684. The first-order chi connectivity index (χ1) is 10.1. The number of nitrogens with zero attached hydrogens (tertiary/aromatic N) is 1. The largest absolute Gasteiger partial charge is 0.308 e. The maximum absolute atomic E-state index is 3.92. The van der Waals surface area contributed by atoms with Crippen molar-refractivity contribution in [1.29, 1.82) is 0 Å². The molecular weight excluding hydrogens is 256 g/mol. The third kappa shape index (κ3) is 5.12. The molecule has 0 aromatic heterocycles. The first-order valence-corrected chi connectivity index (χ1v) is 8.52. The van der Waals surface area contributed by atoms with Crippen LogP contribution in [0.1, 0.15) is 51.1 Å². The normalized spacial score (nSPS) is 24.5. The monoisotopic (exact) mass is 288 g/mol. The van der Waals surface area contributed by atoms with Crippen molar-refractivity contribution in [1.82, 2.24) is 10.2 Å². The minimum absolute atomic E-state index is 0.446. The third-order valence-electron chi connectivity index (χ3n) is 4.90. The minimum atomic E-state index is 0.446. The van der Waals surface area contributed by atoms with Gasteiger partial charge in [-0.2, -0.15) is 0 Å². The molecule has 1 atom stereocenters. The topological polar surface area (TPSA) is 15.3 Å². The van der Waals surface area contributed by atoms with Crippen molar-refractivity contribution in [3.63, 3.8) is 0 Å². The highest BCUT2D eigenvalue weighted by Crippen LogP contribution is 2.31. The molecule has 2 rings (SSSR count). The lowest BCUT2D eigenvalue weighted by Crippen LogP contribution is -2.40. The molecule has 1 fully saturated rings. The molecule has 1 saturated carbocycles. The lowest BCUT2D eigenvalue weighted by Gasteiger charge is -2.34. The van der Waals surface area contributed by atoms with Crippen LogP contribution in [0.3, 0.4) is 0 Å². The Morgan fingerprint density at radius 2 is 1.67 bits per heavy atom. The number of rotatable bonds is 6. The summed E-state index contributed by atoms with van der Waals surface area (Å²) in [6.07, 6.45) is 5.44.